The lowest BCUT2D eigenvalue weighted by Gasteiger charge is -2.36. The first-order valence-electron chi connectivity index (χ1n) is 24.6. The van der Waals surface area contributed by atoms with Crippen molar-refractivity contribution in [2.75, 3.05) is 54.4 Å². The molecule has 2 aliphatic heterocycles. The largest absolute Gasteiger partial charge is 0.456 e. The summed E-state index contributed by atoms with van der Waals surface area (Å²) in [6.07, 6.45) is -1.59. The molecule has 3 aromatic carbocycles. The number of fused-ring (bicyclic) bond motifs is 6. The van der Waals surface area contributed by atoms with E-state index < -0.39 is 34.6 Å². The van der Waals surface area contributed by atoms with E-state index >= 15 is 0 Å². The minimum atomic E-state index is -1.50. The summed E-state index contributed by atoms with van der Waals surface area (Å²) < 4.78 is 24.3. The van der Waals surface area contributed by atoms with Gasteiger partial charge in [0.25, 0.3) is 0 Å². The Morgan fingerprint density at radius 2 is 0.867 bits per heavy atom. The molecule has 0 aromatic heterocycles. The van der Waals surface area contributed by atoms with E-state index in [-0.39, 0.29) is 97.0 Å². The van der Waals surface area contributed by atoms with E-state index in [0.717, 1.165) is 0 Å². The number of nitrogens with zero attached hydrogens (tertiary/aromatic N) is 4. The zero-order chi connectivity index (χ0) is 55.4. The molecule has 7 rings (SSSR count). The van der Waals surface area contributed by atoms with Gasteiger partial charge in [-0.15, -0.1) is 0 Å². The van der Waals surface area contributed by atoms with Crippen LogP contribution in [0.5, 0.6) is 23.0 Å². The molecule has 17 nitrogen and oxygen atoms in total. The molecule has 4 amide bonds. The quantitative estimate of drug-likeness (QED) is 0.110. The van der Waals surface area contributed by atoms with Crippen molar-refractivity contribution in [3.05, 3.63) is 128 Å². The van der Waals surface area contributed by atoms with Crippen LogP contribution < -0.4 is 14.2 Å². The van der Waals surface area contributed by atoms with Gasteiger partial charge in [0.2, 0.25) is 11.8 Å². The smallest absolute Gasteiger partial charge is 0.415 e. The number of hydrogen-bond donors (Lipinski definition) is 0. The molecule has 75 heavy (non-hydrogen) atoms. The second kappa shape index (κ2) is 20.4. The second-order valence-corrected chi connectivity index (χ2v) is 21.2. The monoisotopic (exact) mass is 1020 g/mol. The van der Waals surface area contributed by atoms with E-state index in [9.17, 15) is 43.2 Å². The van der Waals surface area contributed by atoms with Crippen molar-refractivity contribution in [3.63, 3.8) is 0 Å². The van der Waals surface area contributed by atoms with Gasteiger partial charge in [0.05, 0.1) is 5.56 Å². The van der Waals surface area contributed by atoms with Crippen molar-refractivity contribution in [3.8, 4) is 23.0 Å². The number of Topliss-reactive ketones (excluding diaryl/α,β-unsaturated/α-hetero) is 4. The molecule has 0 fully saturated rings. The van der Waals surface area contributed by atoms with Crippen molar-refractivity contribution in [1.82, 2.24) is 19.6 Å². The molecule has 0 atom stereocenters. The first kappa shape index (κ1) is 54.8. The number of likely N-dealkylation sites (N-methyl/N-ethyl adjacent to an activating group) is 4. The Morgan fingerprint density at radius 3 is 1.28 bits per heavy atom. The number of rotatable bonds is 14. The lowest BCUT2D eigenvalue weighted by atomic mass is 9.71. The molecule has 3 aromatic rings. The summed E-state index contributed by atoms with van der Waals surface area (Å²) in [7, 11) is 6.22. The van der Waals surface area contributed by atoms with Crippen molar-refractivity contribution >= 4 is 53.1 Å². The summed E-state index contributed by atoms with van der Waals surface area (Å²) in [6.45, 7) is 17.2. The van der Waals surface area contributed by atoms with E-state index in [1.807, 2.05) is 0 Å². The summed E-state index contributed by atoms with van der Waals surface area (Å²) in [5, 5.41) is 0. The highest BCUT2D eigenvalue weighted by molar-refractivity contribution is 6.26. The standard InChI is InChI=1S/C58H64N4O13/c1-31-33(3)51(67)47(35(5)49(31)65)56(7,8)29-45(63)59(11)23-25-61(13)54(70)72-37-19-21-41-43(27-37)74-44-28-38(20-22-42(44)58(41)40-18-16-15-17-39(40)53(69)75-58)73-55(71)62(14)26-24-60(12)46(64)30-57(9,10)48-36(6)50(66)32(2)34(4)52(48)68/h15-22,27-28H,23-26,29-30H2,1-14H3. The van der Waals surface area contributed by atoms with Crippen LogP contribution in [-0.4, -0.2) is 127 Å². The zero-order valence-corrected chi connectivity index (χ0v) is 45.1. The van der Waals surface area contributed by atoms with E-state index in [4.69, 9.17) is 18.9 Å². The van der Waals surface area contributed by atoms with Crippen LogP contribution in [0, 0.1) is 10.8 Å². The number of amides is 4. The predicted molar refractivity (Wildman–Crippen MR) is 276 cm³/mol. The Morgan fingerprint density at radius 1 is 0.493 bits per heavy atom. The number of ether oxygens (including phenoxy) is 4. The van der Waals surface area contributed by atoms with Crippen LogP contribution in [0.25, 0.3) is 0 Å². The first-order valence-corrected chi connectivity index (χ1v) is 24.6. The van der Waals surface area contributed by atoms with Gasteiger partial charge >= 0.3 is 18.2 Å². The number of carbonyl (C=O) groups excluding carboxylic acids is 9. The fourth-order valence-electron chi connectivity index (χ4n) is 10.2. The van der Waals surface area contributed by atoms with Gasteiger partial charge < -0.3 is 38.5 Å². The van der Waals surface area contributed by atoms with Crippen molar-refractivity contribution < 1.29 is 62.1 Å². The maximum absolute atomic E-state index is 13.5. The molecule has 0 saturated heterocycles. The van der Waals surface area contributed by atoms with E-state index in [0.29, 0.717) is 66.8 Å². The van der Waals surface area contributed by atoms with Crippen LogP contribution in [0.4, 0.5) is 9.59 Å². The number of allylic oxidation sites excluding steroid dienone is 8. The Labute approximate surface area is 436 Å². The average molecular weight is 1030 g/mol. The number of carbonyl (C=O) groups is 9. The number of benzene rings is 3. The minimum absolute atomic E-state index is 0.0497. The highest BCUT2D eigenvalue weighted by Gasteiger charge is 2.54. The minimum Gasteiger partial charge on any atom is -0.456 e. The summed E-state index contributed by atoms with van der Waals surface area (Å²) in [4.78, 5) is 125. The average Bonchev–Trinajstić information content (AvgIpc) is 3.65. The molecule has 0 saturated carbocycles. The summed E-state index contributed by atoms with van der Waals surface area (Å²) in [5.74, 6) is -1.52. The van der Waals surface area contributed by atoms with Gasteiger partial charge in [0.15, 0.2) is 28.7 Å². The molecule has 2 aliphatic carbocycles. The Balaban J connectivity index is 1.02. The van der Waals surface area contributed by atoms with Crippen molar-refractivity contribution in [2.45, 2.75) is 87.7 Å². The molecular weight excluding hydrogens is 961 g/mol. The van der Waals surface area contributed by atoms with Crippen molar-refractivity contribution in [2.24, 2.45) is 10.8 Å². The Kier molecular flexibility index (Phi) is 14.9. The van der Waals surface area contributed by atoms with Crippen LogP contribution in [-0.2, 0) is 39.1 Å². The third kappa shape index (κ3) is 10.1. The molecule has 394 valence electrons. The third-order valence-electron chi connectivity index (χ3n) is 15.0. The van der Waals surface area contributed by atoms with Crippen LogP contribution >= 0.6 is 0 Å². The lowest BCUT2D eigenvalue weighted by molar-refractivity contribution is -0.132. The van der Waals surface area contributed by atoms with Gasteiger partial charge in [0, 0.05) is 151 Å². The van der Waals surface area contributed by atoms with Gasteiger partial charge in [-0.25, -0.2) is 14.4 Å². The lowest BCUT2D eigenvalue weighted by Crippen LogP contribution is -2.40. The topological polar surface area (TPSA) is 204 Å². The van der Waals surface area contributed by atoms with Crippen LogP contribution in [0.15, 0.2) is 105 Å². The zero-order valence-electron chi connectivity index (χ0n) is 45.1. The van der Waals surface area contributed by atoms with Gasteiger partial charge in [0.1, 0.15) is 23.0 Å². The molecular formula is C58H64N4O13. The maximum Gasteiger partial charge on any atom is 0.415 e. The van der Waals surface area contributed by atoms with Gasteiger partial charge in [-0.2, -0.15) is 0 Å². The fraction of sp³-hybridized carbons (Fsp3) is 0.397. The molecule has 4 aliphatic rings. The predicted octanol–water partition coefficient (Wildman–Crippen LogP) is 8.47. The number of esters is 1. The van der Waals surface area contributed by atoms with Crippen LogP contribution in [0.1, 0.15) is 109 Å². The van der Waals surface area contributed by atoms with Gasteiger partial charge in [-0.3, -0.25) is 28.8 Å². The summed E-state index contributed by atoms with van der Waals surface area (Å²) in [6, 6.07) is 16.3. The second-order valence-electron chi connectivity index (χ2n) is 21.2. The normalized spacial score (nSPS) is 16.1. The summed E-state index contributed by atoms with van der Waals surface area (Å²) in [5.41, 5.74) is 1.23. The molecule has 0 unspecified atom stereocenters. The third-order valence-corrected chi connectivity index (χ3v) is 15.0. The Hall–Kier alpha value is -7.95. The van der Waals surface area contributed by atoms with Gasteiger partial charge in [-0.05, 0) is 71.9 Å². The van der Waals surface area contributed by atoms with E-state index in [2.05, 4.69) is 0 Å². The first-order chi connectivity index (χ1) is 35.0. The molecule has 0 radical (unpaired) electrons. The highest BCUT2D eigenvalue weighted by Crippen LogP contribution is 2.57. The molecule has 0 N–H and O–H groups in total. The van der Waals surface area contributed by atoms with E-state index in [1.165, 1.54) is 45.8 Å². The van der Waals surface area contributed by atoms with E-state index in [1.54, 1.807) is 132 Å². The molecule has 1 spiro atoms. The fourth-order valence-corrected chi connectivity index (χ4v) is 10.2. The van der Waals surface area contributed by atoms with Crippen LogP contribution in [0.2, 0.25) is 0 Å². The van der Waals surface area contributed by atoms with Crippen LogP contribution in [0.3, 0.4) is 0 Å². The molecule has 17 heteroatoms. The number of hydrogen-bond acceptors (Lipinski definition) is 13. The van der Waals surface area contributed by atoms with Crippen molar-refractivity contribution in [1.29, 1.82) is 0 Å². The SMILES string of the molecule is CC1=C(C)C(=O)C(C(C)(C)CC(=O)N(C)CCN(C)C(=O)Oc2ccc3c(c2)Oc2cc(OC(=O)N(C)CCN(C)C(=O)CC(C)(C)C4=C(C)C(=O)C(C)=C(C)C4=O)ccc2C32OC(=O)c3ccccc32)=C(C)C1=O. The summed E-state index contributed by atoms with van der Waals surface area (Å²) >= 11 is 0. The maximum atomic E-state index is 13.5. The Bertz CT molecular complexity index is 2990. The molecule has 2 heterocycles. The van der Waals surface area contributed by atoms with Gasteiger partial charge in [-0.1, -0.05) is 45.9 Å². The highest BCUT2D eigenvalue weighted by atomic mass is 16.6. The number of ketones is 4. The molecule has 0 bridgehead atoms.